The maximum atomic E-state index is 13.0. The second kappa shape index (κ2) is 9.76. The van der Waals surface area contributed by atoms with Crippen LogP contribution in [0.1, 0.15) is 30.6 Å². The van der Waals surface area contributed by atoms with Gasteiger partial charge in [0, 0.05) is 5.02 Å². The summed E-state index contributed by atoms with van der Waals surface area (Å²) in [6.45, 7) is 3.57. The van der Waals surface area contributed by atoms with Crippen molar-refractivity contribution in [3.63, 3.8) is 0 Å². The highest BCUT2D eigenvalue weighted by Gasteiger charge is 2.32. The lowest BCUT2D eigenvalue weighted by molar-refractivity contribution is -0.117. The van der Waals surface area contributed by atoms with Gasteiger partial charge in [-0.1, -0.05) is 36.7 Å². The van der Waals surface area contributed by atoms with Gasteiger partial charge in [0.05, 0.1) is 29.8 Å². The summed E-state index contributed by atoms with van der Waals surface area (Å²) in [4.78, 5) is 25.2. The predicted octanol–water partition coefficient (Wildman–Crippen LogP) is 3.70. The van der Waals surface area contributed by atoms with E-state index in [-0.39, 0.29) is 30.0 Å². The van der Waals surface area contributed by atoms with Crippen molar-refractivity contribution in [2.45, 2.75) is 26.3 Å². The molecule has 0 fully saturated rings. The quantitative estimate of drug-likeness (QED) is 0.634. The van der Waals surface area contributed by atoms with Crippen LogP contribution < -0.4 is 9.62 Å². The number of esters is 1. The summed E-state index contributed by atoms with van der Waals surface area (Å²) < 4.78 is 31.0. The number of nitrogens with one attached hydrogen (secondary N) is 1. The van der Waals surface area contributed by atoms with E-state index in [0.29, 0.717) is 5.02 Å². The Hall–Kier alpha value is -2.58. The first-order chi connectivity index (χ1) is 13.7. The Morgan fingerprint density at radius 2 is 1.83 bits per heavy atom. The summed E-state index contributed by atoms with van der Waals surface area (Å²) in [6.07, 6.45) is 1.23. The molecule has 0 heterocycles. The molecule has 29 heavy (non-hydrogen) atoms. The number of hydrogen-bond donors (Lipinski definition) is 1. The Kier molecular flexibility index (Phi) is 7.64. The zero-order valence-corrected chi connectivity index (χ0v) is 18.0. The Morgan fingerprint density at radius 1 is 1.14 bits per heavy atom. The third-order valence-electron chi connectivity index (χ3n) is 4.07. The van der Waals surface area contributed by atoms with Gasteiger partial charge in [0.25, 0.3) is 0 Å². The number of carbonyl (C=O) groups is 2. The molecule has 0 bridgehead atoms. The highest BCUT2D eigenvalue weighted by atomic mass is 35.5. The van der Waals surface area contributed by atoms with Gasteiger partial charge in [0.15, 0.2) is 0 Å². The number of para-hydroxylation sites is 1. The van der Waals surface area contributed by atoms with E-state index in [1.807, 2.05) is 0 Å². The molecule has 0 saturated heterocycles. The van der Waals surface area contributed by atoms with Gasteiger partial charge < -0.3 is 10.1 Å². The first-order valence-electron chi connectivity index (χ1n) is 9.01. The molecule has 0 aliphatic heterocycles. The van der Waals surface area contributed by atoms with Crippen LogP contribution in [0.4, 0.5) is 11.4 Å². The van der Waals surface area contributed by atoms with Gasteiger partial charge in [0.2, 0.25) is 15.9 Å². The molecule has 0 radical (unpaired) electrons. The Morgan fingerprint density at radius 3 is 2.41 bits per heavy atom. The number of sulfonamides is 1. The highest BCUT2D eigenvalue weighted by molar-refractivity contribution is 7.92. The van der Waals surface area contributed by atoms with Crippen LogP contribution in [0.15, 0.2) is 48.5 Å². The lowest BCUT2D eigenvalue weighted by Gasteiger charge is -2.30. The fourth-order valence-electron chi connectivity index (χ4n) is 2.87. The molecule has 9 heteroatoms. The molecule has 0 aliphatic rings. The molecule has 2 aromatic rings. The smallest absolute Gasteiger partial charge is 0.340 e. The first-order valence-corrected chi connectivity index (χ1v) is 11.2. The Labute approximate surface area is 175 Å². The molecule has 0 spiro atoms. The van der Waals surface area contributed by atoms with Crippen LogP contribution in [-0.2, 0) is 19.6 Å². The third-order valence-corrected chi connectivity index (χ3v) is 5.49. The number of nitrogens with zero attached hydrogens (tertiary/aromatic N) is 1. The van der Waals surface area contributed by atoms with Crippen molar-refractivity contribution in [3.8, 4) is 0 Å². The molecule has 7 nitrogen and oxygen atoms in total. The fourth-order valence-corrected chi connectivity index (χ4v) is 4.26. The van der Waals surface area contributed by atoms with E-state index < -0.39 is 27.9 Å². The molecule has 2 aromatic carbocycles. The monoisotopic (exact) mass is 438 g/mol. The molecule has 1 amide bonds. The molecule has 0 saturated carbocycles. The number of anilines is 2. The van der Waals surface area contributed by atoms with Crippen molar-refractivity contribution in [2.75, 3.05) is 22.5 Å². The molecule has 1 N–H and O–H groups in total. The Bertz CT molecular complexity index is 994. The predicted molar refractivity (Wildman–Crippen MR) is 114 cm³/mol. The molecular weight excluding hydrogens is 416 g/mol. The van der Waals surface area contributed by atoms with Crippen molar-refractivity contribution in [1.29, 1.82) is 0 Å². The fraction of sp³-hybridized carbons (Fsp3) is 0.300. The van der Waals surface area contributed by atoms with E-state index in [1.165, 1.54) is 12.1 Å². The maximum Gasteiger partial charge on any atom is 0.340 e. The minimum atomic E-state index is -3.80. The minimum absolute atomic E-state index is 0.186. The van der Waals surface area contributed by atoms with Crippen molar-refractivity contribution in [1.82, 2.24) is 0 Å². The van der Waals surface area contributed by atoms with Crippen molar-refractivity contribution < 1.29 is 22.7 Å². The maximum absolute atomic E-state index is 13.0. The second-order valence-corrected chi connectivity index (χ2v) is 8.51. The van der Waals surface area contributed by atoms with E-state index in [0.717, 1.165) is 10.6 Å². The summed E-state index contributed by atoms with van der Waals surface area (Å²) in [5.41, 5.74) is 0.709. The third kappa shape index (κ3) is 5.71. The molecule has 0 aromatic heterocycles. The first kappa shape index (κ1) is 22.7. The standard InChI is InChI=1S/C20H23ClN2O5S/c1-4-18(23(29(3,26)27)15-10-8-9-14(21)13-15)19(24)22-17-12-7-6-11-16(17)20(25)28-5-2/h6-13,18H,4-5H2,1-3H3,(H,22,24). The van der Waals surface area contributed by atoms with Crippen LogP contribution in [0.25, 0.3) is 0 Å². The van der Waals surface area contributed by atoms with Crippen LogP contribution in [0.3, 0.4) is 0 Å². The van der Waals surface area contributed by atoms with Crippen molar-refractivity contribution in [2.24, 2.45) is 0 Å². The molecule has 156 valence electrons. The molecular formula is C20H23ClN2O5S. The number of carbonyl (C=O) groups excluding carboxylic acids is 2. The lowest BCUT2D eigenvalue weighted by Crippen LogP contribution is -2.47. The average Bonchev–Trinajstić information content (AvgIpc) is 2.65. The average molecular weight is 439 g/mol. The van der Waals surface area contributed by atoms with Crippen LogP contribution in [-0.4, -0.2) is 39.2 Å². The summed E-state index contributed by atoms with van der Waals surface area (Å²) in [7, 11) is -3.80. The van der Waals surface area contributed by atoms with E-state index in [9.17, 15) is 18.0 Å². The van der Waals surface area contributed by atoms with Gasteiger partial charge in [-0.05, 0) is 43.7 Å². The van der Waals surface area contributed by atoms with Gasteiger partial charge >= 0.3 is 5.97 Å². The number of amides is 1. The van der Waals surface area contributed by atoms with Gasteiger partial charge in [-0.25, -0.2) is 13.2 Å². The van der Waals surface area contributed by atoms with Crippen LogP contribution in [0.2, 0.25) is 5.02 Å². The number of halogens is 1. The van der Waals surface area contributed by atoms with Crippen molar-refractivity contribution >= 4 is 44.9 Å². The summed E-state index contributed by atoms with van der Waals surface area (Å²) in [5, 5.41) is 3.01. The summed E-state index contributed by atoms with van der Waals surface area (Å²) >= 11 is 6.01. The van der Waals surface area contributed by atoms with Crippen molar-refractivity contribution in [3.05, 3.63) is 59.1 Å². The number of hydrogen-bond acceptors (Lipinski definition) is 5. The molecule has 1 unspecified atom stereocenters. The van der Waals surface area contributed by atoms with Gasteiger partial charge in [0.1, 0.15) is 6.04 Å². The topological polar surface area (TPSA) is 92.8 Å². The summed E-state index contributed by atoms with van der Waals surface area (Å²) in [5.74, 6) is -1.15. The highest BCUT2D eigenvalue weighted by Crippen LogP contribution is 2.26. The largest absolute Gasteiger partial charge is 0.462 e. The van der Waals surface area contributed by atoms with E-state index in [2.05, 4.69) is 5.32 Å². The SMILES string of the molecule is CCOC(=O)c1ccccc1NC(=O)C(CC)N(c1cccc(Cl)c1)S(C)(=O)=O. The van der Waals surface area contributed by atoms with Crippen LogP contribution >= 0.6 is 11.6 Å². The molecule has 1 atom stereocenters. The van der Waals surface area contributed by atoms with Gasteiger partial charge in [-0.3, -0.25) is 9.10 Å². The van der Waals surface area contributed by atoms with Crippen LogP contribution in [0.5, 0.6) is 0 Å². The number of ether oxygens (including phenoxy) is 1. The molecule has 2 rings (SSSR count). The number of rotatable bonds is 8. The second-order valence-electron chi connectivity index (χ2n) is 6.22. The summed E-state index contributed by atoms with van der Waals surface area (Å²) in [6, 6.07) is 11.6. The lowest BCUT2D eigenvalue weighted by atomic mass is 10.1. The van der Waals surface area contributed by atoms with Gasteiger partial charge in [-0.15, -0.1) is 0 Å². The zero-order chi connectivity index (χ0) is 21.6. The van der Waals surface area contributed by atoms with E-state index in [1.54, 1.807) is 50.2 Å². The Balaban J connectivity index is 2.40. The molecule has 0 aliphatic carbocycles. The normalized spacial score (nSPS) is 12.1. The minimum Gasteiger partial charge on any atom is -0.462 e. The van der Waals surface area contributed by atoms with E-state index in [4.69, 9.17) is 16.3 Å². The van der Waals surface area contributed by atoms with E-state index >= 15 is 0 Å². The zero-order valence-electron chi connectivity index (χ0n) is 16.4. The van der Waals surface area contributed by atoms with Gasteiger partial charge in [-0.2, -0.15) is 0 Å². The number of benzene rings is 2. The van der Waals surface area contributed by atoms with Crippen LogP contribution in [0, 0.1) is 0 Å².